The normalized spacial score (nSPS) is 11.5. The smallest absolute Gasteiger partial charge is 0.397 e. The molecule has 0 atom stereocenters. The first-order valence-electron chi connectivity index (χ1n) is 5.22. The monoisotopic (exact) mass is 252 g/mol. The summed E-state index contributed by atoms with van der Waals surface area (Å²) in [7, 11) is 0. The summed E-state index contributed by atoms with van der Waals surface area (Å²) < 4.78 is 39.1. The van der Waals surface area contributed by atoms with Gasteiger partial charge in [0, 0.05) is 0 Å². The molecule has 4 N–H and O–H groups in total. The average Bonchev–Trinajstić information content (AvgIpc) is 2.32. The fourth-order valence-electron chi connectivity index (χ4n) is 1.80. The number of benzene rings is 2. The van der Waals surface area contributed by atoms with Crippen LogP contribution in [0.1, 0.15) is 5.56 Å². The Morgan fingerprint density at radius 1 is 0.833 bits per heavy atom. The van der Waals surface area contributed by atoms with Crippen molar-refractivity contribution in [2.24, 2.45) is 0 Å². The minimum absolute atomic E-state index is 0.0369. The van der Waals surface area contributed by atoms with Crippen LogP contribution < -0.4 is 11.5 Å². The third kappa shape index (κ3) is 2.11. The fraction of sp³-hybridized carbons (Fsp3) is 0.0769. The van der Waals surface area contributed by atoms with E-state index in [0.717, 1.165) is 0 Å². The summed E-state index contributed by atoms with van der Waals surface area (Å²) in [5.74, 6) is 0. The fourth-order valence-corrected chi connectivity index (χ4v) is 1.80. The van der Waals surface area contributed by atoms with Gasteiger partial charge in [-0.15, -0.1) is 0 Å². The first-order valence-corrected chi connectivity index (χ1v) is 5.22. The summed E-state index contributed by atoms with van der Waals surface area (Å²) in [5, 5.41) is 0. The Bertz CT molecular complexity index is 562. The summed E-state index contributed by atoms with van der Waals surface area (Å²) in [5.41, 5.74) is 10.0. The number of hydrogen-bond donors (Lipinski definition) is 2. The van der Waals surface area contributed by atoms with Crippen LogP contribution in [0.25, 0.3) is 11.1 Å². The van der Waals surface area contributed by atoms with Crippen molar-refractivity contribution >= 4 is 11.4 Å². The van der Waals surface area contributed by atoms with Crippen molar-refractivity contribution in [3.05, 3.63) is 48.0 Å². The van der Waals surface area contributed by atoms with Crippen LogP contribution in [0.4, 0.5) is 24.5 Å². The Balaban J connectivity index is 2.73. The van der Waals surface area contributed by atoms with Gasteiger partial charge in [-0.3, -0.25) is 0 Å². The van der Waals surface area contributed by atoms with E-state index in [1.165, 1.54) is 12.1 Å². The Morgan fingerprint density at radius 2 is 1.44 bits per heavy atom. The number of halogens is 3. The molecule has 2 aromatic carbocycles. The highest BCUT2D eigenvalue weighted by atomic mass is 19.4. The molecule has 2 aromatic rings. The Labute approximate surface area is 102 Å². The minimum Gasteiger partial charge on any atom is -0.397 e. The maximum atomic E-state index is 13.0. The number of anilines is 2. The van der Waals surface area contributed by atoms with Crippen LogP contribution in [0.2, 0.25) is 0 Å². The van der Waals surface area contributed by atoms with E-state index in [0.29, 0.717) is 5.56 Å². The summed E-state index contributed by atoms with van der Waals surface area (Å²) in [4.78, 5) is 0. The van der Waals surface area contributed by atoms with E-state index in [1.807, 2.05) is 0 Å². The molecule has 0 amide bonds. The Morgan fingerprint density at radius 3 is 2.00 bits per heavy atom. The van der Waals surface area contributed by atoms with Crippen molar-refractivity contribution in [1.82, 2.24) is 0 Å². The molecule has 0 radical (unpaired) electrons. The molecule has 0 saturated carbocycles. The zero-order chi connectivity index (χ0) is 13.3. The second-order valence-corrected chi connectivity index (χ2v) is 3.85. The third-order valence-corrected chi connectivity index (χ3v) is 2.65. The summed E-state index contributed by atoms with van der Waals surface area (Å²) in [6, 6.07) is 11.0. The molecule has 2 nitrogen and oxygen atoms in total. The quantitative estimate of drug-likeness (QED) is 0.763. The van der Waals surface area contributed by atoms with Gasteiger partial charge in [-0.2, -0.15) is 13.2 Å². The molecule has 5 heteroatoms. The SMILES string of the molecule is Nc1ccc(-c2ccccc2)c(C(F)(F)F)c1N. The summed E-state index contributed by atoms with van der Waals surface area (Å²) in [6.45, 7) is 0. The lowest BCUT2D eigenvalue weighted by Gasteiger charge is -2.16. The first kappa shape index (κ1) is 12.3. The molecular formula is C13H11F3N2. The molecule has 0 aliphatic rings. The number of alkyl halides is 3. The van der Waals surface area contributed by atoms with Crippen LogP contribution in [0, 0.1) is 0 Å². The first-order chi connectivity index (χ1) is 8.41. The molecule has 0 unspecified atom stereocenters. The lowest BCUT2D eigenvalue weighted by Crippen LogP contribution is -2.12. The van der Waals surface area contributed by atoms with Gasteiger partial charge in [0.25, 0.3) is 0 Å². The maximum absolute atomic E-state index is 13.0. The average molecular weight is 252 g/mol. The molecule has 0 bridgehead atoms. The number of rotatable bonds is 1. The zero-order valence-electron chi connectivity index (χ0n) is 9.33. The van der Waals surface area contributed by atoms with Gasteiger partial charge >= 0.3 is 6.18 Å². The highest BCUT2D eigenvalue weighted by Gasteiger charge is 2.36. The minimum atomic E-state index is -4.54. The highest BCUT2D eigenvalue weighted by Crippen LogP contribution is 2.42. The number of hydrogen-bond acceptors (Lipinski definition) is 2. The van der Waals surface area contributed by atoms with Crippen molar-refractivity contribution in [1.29, 1.82) is 0 Å². The standard InChI is InChI=1S/C13H11F3N2/c14-13(15,16)11-9(6-7-10(17)12(11)18)8-4-2-1-3-5-8/h1-7H,17-18H2. The van der Waals surface area contributed by atoms with E-state index in [2.05, 4.69) is 0 Å². The van der Waals surface area contributed by atoms with E-state index in [-0.39, 0.29) is 11.3 Å². The van der Waals surface area contributed by atoms with Gasteiger partial charge in [0.15, 0.2) is 0 Å². The largest absolute Gasteiger partial charge is 0.419 e. The lowest BCUT2D eigenvalue weighted by molar-refractivity contribution is -0.136. The second-order valence-electron chi connectivity index (χ2n) is 3.85. The molecule has 0 spiro atoms. The number of nitrogen functional groups attached to an aromatic ring is 2. The second kappa shape index (κ2) is 4.25. The molecule has 94 valence electrons. The molecular weight excluding hydrogens is 241 g/mol. The zero-order valence-corrected chi connectivity index (χ0v) is 9.33. The highest BCUT2D eigenvalue weighted by molar-refractivity contribution is 5.80. The van der Waals surface area contributed by atoms with Crippen LogP contribution in [0.3, 0.4) is 0 Å². The van der Waals surface area contributed by atoms with Gasteiger partial charge in [-0.05, 0) is 17.2 Å². The van der Waals surface area contributed by atoms with E-state index in [1.54, 1.807) is 30.3 Å². The topological polar surface area (TPSA) is 52.0 Å². The van der Waals surface area contributed by atoms with E-state index < -0.39 is 17.4 Å². The van der Waals surface area contributed by atoms with Gasteiger partial charge < -0.3 is 11.5 Å². The lowest BCUT2D eigenvalue weighted by atomic mass is 9.97. The Kier molecular flexibility index (Phi) is 2.90. The van der Waals surface area contributed by atoms with Gasteiger partial charge in [0.2, 0.25) is 0 Å². The molecule has 0 aliphatic heterocycles. The molecule has 18 heavy (non-hydrogen) atoms. The molecule has 0 fully saturated rings. The van der Waals surface area contributed by atoms with Crippen LogP contribution in [-0.2, 0) is 6.18 Å². The van der Waals surface area contributed by atoms with E-state index in [9.17, 15) is 13.2 Å². The van der Waals surface area contributed by atoms with Gasteiger partial charge in [0.1, 0.15) is 0 Å². The van der Waals surface area contributed by atoms with Crippen molar-refractivity contribution in [2.45, 2.75) is 6.18 Å². The van der Waals surface area contributed by atoms with Crippen molar-refractivity contribution in [2.75, 3.05) is 11.5 Å². The Hall–Kier alpha value is -2.17. The predicted octanol–water partition coefficient (Wildman–Crippen LogP) is 3.54. The van der Waals surface area contributed by atoms with Gasteiger partial charge in [0.05, 0.1) is 16.9 Å². The molecule has 0 aliphatic carbocycles. The van der Waals surface area contributed by atoms with E-state index >= 15 is 0 Å². The number of nitrogens with two attached hydrogens (primary N) is 2. The van der Waals surface area contributed by atoms with Gasteiger partial charge in [-0.25, -0.2) is 0 Å². The predicted molar refractivity (Wildman–Crippen MR) is 65.7 cm³/mol. The van der Waals surface area contributed by atoms with Crippen molar-refractivity contribution in [3.8, 4) is 11.1 Å². The summed E-state index contributed by atoms with van der Waals surface area (Å²) >= 11 is 0. The van der Waals surface area contributed by atoms with Crippen LogP contribution in [0.15, 0.2) is 42.5 Å². The van der Waals surface area contributed by atoms with Crippen molar-refractivity contribution < 1.29 is 13.2 Å². The van der Waals surface area contributed by atoms with Crippen LogP contribution in [0.5, 0.6) is 0 Å². The molecule has 2 rings (SSSR count). The molecule has 0 aromatic heterocycles. The van der Waals surface area contributed by atoms with Crippen LogP contribution in [-0.4, -0.2) is 0 Å². The molecule has 0 heterocycles. The van der Waals surface area contributed by atoms with Gasteiger partial charge in [-0.1, -0.05) is 36.4 Å². The van der Waals surface area contributed by atoms with Crippen molar-refractivity contribution in [3.63, 3.8) is 0 Å². The molecule has 0 saturated heterocycles. The van der Waals surface area contributed by atoms with E-state index in [4.69, 9.17) is 11.5 Å². The summed E-state index contributed by atoms with van der Waals surface area (Å²) in [6.07, 6.45) is -4.54. The third-order valence-electron chi connectivity index (χ3n) is 2.65. The maximum Gasteiger partial charge on any atom is 0.419 e. The van der Waals surface area contributed by atoms with Crippen LogP contribution >= 0.6 is 0 Å².